The molecule has 0 aliphatic carbocycles. The molecular formula is C14H12F3N3S. The molecule has 0 atom stereocenters. The lowest BCUT2D eigenvalue weighted by Gasteiger charge is -2.13. The zero-order valence-electron chi connectivity index (χ0n) is 11.0. The lowest BCUT2D eigenvalue weighted by atomic mass is 10.1. The van der Waals surface area contributed by atoms with Crippen LogP contribution in [-0.4, -0.2) is 9.97 Å². The van der Waals surface area contributed by atoms with Crippen LogP contribution in [0, 0.1) is 6.92 Å². The van der Waals surface area contributed by atoms with E-state index in [0.717, 1.165) is 17.8 Å². The van der Waals surface area contributed by atoms with Gasteiger partial charge in [-0.1, -0.05) is 18.3 Å². The number of halogens is 3. The average molecular weight is 311 g/mol. The molecule has 110 valence electrons. The monoisotopic (exact) mass is 311 g/mol. The highest BCUT2D eigenvalue weighted by atomic mass is 32.1. The number of anilines is 2. The van der Waals surface area contributed by atoms with E-state index < -0.39 is 11.9 Å². The second-order valence-electron chi connectivity index (χ2n) is 4.47. The van der Waals surface area contributed by atoms with E-state index >= 15 is 0 Å². The lowest BCUT2D eigenvalue weighted by molar-refractivity contribution is -0.141. The molecule has 1 heterocycles. The Morgan fingerprint density at radius 3 is 2.48 bits per heavy atom. The summed E-state index contributed by atoms with van der Waals surface area (Å²) in [5.41, 5.74) is 7.33. The Balaban J connectivity index is 2.30. The first kappa shape index (κ1) is 15.2. The third-order valence-corrected chi connectivity index (χ3v) is 2.99. The SMILES string of the molecule is Cc1ccc(C(N)=S)c(Nc2ccc(C(F)(F)F)nc2)c1. The van der Waals surface area contributed by atoms with Crippen LogP contribution in [0.4, 0.5) is 24.5 Å². The van der Waals surface area contributed by atoms with Crippen LogP contribution in [0.25, 0.3) is 0 Å². The third-order valence-electron chi connectivity index (χ3n) is 2.77. The Kier molecular flexibility index (Phi) is 4.13. The second kappa shape index (κ2) is 5.69. The maximum absolute atomic E-state index is 12.5. The van der Waals surface area contributed by atoms with Crippen LogP contribution in [0.5, 0.6) is 0 Å². The Hall–Kier alpha value is -2.15. The minimum Gasteiger partial charge on any atom is -0.389 e. The van der Waals surface area contributed by atoms with Crippen molar-refractivity contribution in [1.82, 2.24) is 4.98 Å². The van der Waals surface area contributed by atoms with E-state index in [1.54, 1.807) is 6.07 Å². The van der Waals surface area contributed by atoms with Gasteiger partial charge in [-0.25, -0.2) is 4.98 Å². The molecule has 3 N–H and O–H groups in total. The number of nitrogens with zero attached hydrogens (tertiary/aromatic N) is 1. The largest absolute Gasteiger partial charge is 0.433 e. The number of rotatable bonds is 3. The van der Waals surface area contributed by atoms with Crippen LogP contribution in [0.15, 0.2) is 36.5 Å². The van der Waals surface area contributed by atoms with E-state index in [9.17, 15) is 13.2 Å². The lowest BCUT2D eigenvalue weighted by Crippen LogP contribution is -2.12. The van der Waals surface area contributed by atoms with Gasteiger partial charge >= 0.3 is 6.18 Å². The molecule has 0 fully saturated rings. The van der Waals surface area contributed by atoms with E-state index in [4.69, 9.17) is 18.0 Å². The van der Waals surface area contributed by atoms with Crippen molar-refractivity contribution in [2.45, 2.75) is 13.1 Å². The minimum absolute atomic E-state index is 0.206. The Bertz CT molecular complexity index is 666. The number of hydrogen-bond donors (Lipinski definition) is 2. The molecule has 7 heteroatoms. The van der Waals surface area contributed by atoms with Gasteiger partial charge < -0.3 is 11.1 Å². The van der Waals surface area contributed by atoms with Gasteiger partial charge in [0.15, 0.2) is 0 Å². The fourth-order valence-corrected chi connectivity index (χ4v) is 1.95. The van der Waals surface area contributed by atoms with Crippen molar-refractivity contribution < 1.29 is 13.2 Å². The molecule has 0 saturated heterocycles. The molecule has 0 aliphatic heterocycles. The number of nitrogens with one attached hydrogen (secondary N) is 1. The smallest absolute Gasteiger partial charge is 0.389 e. The fraction of sp³-hybridized carbons (Fsp3) is 0.143. The van der Waals surface area contributed by atoms with Crippen LogP contribution < -0.4 is 11.1 Å². The molecule has 0 aliphatic rings. The highest BCUT2D eigenvalue weighted by Gasteiger charge is 2.32. The van der Waals surface area contributed by atoms with Gasteiger partial charge in [0.2, 0.25) is 0 Å². The molecule has 1 aromatic carbocycles. The summed E-state index contributed by atoms with van der Waals surface area (Å²) in [6, 6.07) is 7.65. The molecule has 1 aromatic heterocycles. The topological polar surface area (TPSA) is 50.9 Å². The quantitative estimate of drug-likeness (QED) is 0.847. The number of hydrogen-bond acceptors (Lipinski definition) is 3. The maximum atomic E-state index is 12.5. The number of nitrogens with two attached hydrogens (primary N) is 1. The van der Waals surface area contributed by atoms with E-state index in [2.05, 4.69) is 10.3 Å². The zero-order chi connectivity index (χ0) is 15.6. The van der Waals surface area contributed by atoms with Crippen LogP contribution >= 0.6 is 12.2 Å². The number of aromatic nitrogens is 1. The average Bonchev–Trinajstić information content (AvgIpc) is 2.38. The van der Waals surface area contributed by atoms with Crippen molar-refractivity contribution in [3.63, 3.8) is 0 Å². The van der Waals surface area contributed by atoms with Gasteiger partial charge in [-0.15, -0.1) is 0 Å². The van der Waals surface area contributed by atoms with Crippen molar-refractivity contribution in [3.8, 4) is 0 Å². The maximum Gasteiger partial charge on any atom is 0.433 e. The molecule has 0 unspecified atom stereocenters. The Morgan fingerprint density at radius 1 is 1.24 bits per heavy atom. The summed E-state index contributed by atoms with van der Waals surface area (Å²) in [6.07, 6.45) is -3.33. The van der Waals surface area contributed by atoms with Crippen LogP contribution in [0.3, 0.4) is 0 Å². The van der Waals surface area contributed by atoms with E-state index in [0.29, 0.717) is 16.9 Å². The van der Waals surface area contributed by atoms with Gasteiger partial charge in [0, 0.05) is 11.3 Å². The summed E-state index contributed by atoms with van der Waals surface area (Å²) in [5.74, 6) is 0. The van der Waals surface area contributed by atoms with Gasteiger partial charge in [0.1, 0.15) is 10.7 Å². The number of pyridine rings is 1. The third kappa shape index (κ3) is 3.69. The summed E-state index contributed by atoms with van der Waals surface area (Å²) in [6.45, 7) is 1.89. The molecule has 0 spiro atoms. The highest BCUT2D eigenvalue weighted by molar-refractivity contribution is 7.80. The molecule has 0 amide bonds. The first-order valence-corrected chi connectivity index (χ1v) is 6.39. The van der Waals surface area contributed by atoms with Crippen molar-refractivity contribution >= 4 is 28.6 Å². The van der Waals surface area contributed by atoms with Gasteiger partial charge in [0.25, 0.3) is 0 Å². The highest BCUT2D eigenvalue weighted by Crippen LogP contribution is 2.29. The molecule has 2 rings (SSSR count). The molecule has 3 nitrogen and oxygen atoms in total. The van der Waals surface area contributed by atoms with Gasteiger partial charge in [-0.3, -0.25) is 0 Å². The molecule has 21 heavy (non-hydrogen) atoms. The van der Waals surface area contributed by atoms with Crippen LogP contribution in [-0.2, 0) is 6.18 Å². The number of alkyl halides is 3. The van der Waals surface area contributed by atoms with Crippen molar-refractivity contribution in [1.29, 1.82) is 0 Å². The normalized spacial score (nSPS) is 11.2. The summed E-state index contributed by atoms with van der Waals surface area (Å²) >= 11 is 4.95. The summed E-state index contributed by atoms with van der Waals surface area (Å²) < 4.78 is 37.4. The minimum atomic E-state index is -4.45. The number of benzene rings is 1. The molecule has 0 bridgehead atoms. The van der Waals surface area contributed by atoms with Crippen LogP contribution in [0.1, 0.15) is 16.8 Å². The standard InChI is InChI=1S/C14H12F3N3S/c1-8-2-4-10(13(18)21)11(6-8)20-9-3-5-12(19-7-9)14(15,16)17/h2-7,20H,1H3,(H2,18,21). The fourth-order valence-electron chi connectivity index (χ4n) is 1.77. The van der Waals surface area contributed by atoms with E-state index in [1.807, 2.05) is 19.1 Å². The van der Waals surface area contributed by atoms with Crippen LogP contribution in [0.2, 0.25) is 0 Å². The van der Waals surface area contributed by atoms with E-state index in [1.165, 1.54) is 6.07 Å². The second-order valence-corrected chi connectivity index (χ2v) is 4.91. The van der Waals surface area contributed by atoms with Crippen molar-refractivity contribution in [2.75, 3.05) is 5.32 Å². The summed E-state index contributed by atoms with van der Waals surface area (Å²) in [5, 5.41) is 2.98. The van der Waals surface area contributed by atoms with Crippen molar-refractivity contribution in [2.24, 2.45) is 5.73 Å². The zero-order valence-corrected chi connectivity index (χ0v) is 11.8. The summed E-state index contributed by atoms with van der Waals surface area (Å²) in [4.78, 5) is 3.60. The Morgan fingerprint density at radius 2 is 1.95 bits per heavy atom. The Labute approximate surface area is 125 Å². The van der Waals surface area contributed by atoms with Gasteiger partial charge in [-0.05, 0) is 36.8 Å². The van der Waals surface area contributed by atoms with Gasteiger partial charge in [-0.2, -0.15) is 13.2 Å². The van der Waals surface area contributed by atoms with Crippen molar-refractivity contribution in [3.05, 3.63) is 53.3 Å². The molecule has 0 radical (unpaired) electrons. The summed E-state index contributed by atoms with van der Waals surface area (Å²) in [7, 11) is 0. The molecular weight excluding hydrogens is 299 g/mol. The predicted molar refractivity (Wildman–Crippen MR) is 79.6 cm³/mol. The van der Waals surface area contributed by atoms with Gasteiger partial charge in [0.05, 0.1) is 11.9 Å². The molecule has 0 saturated carbocycles. The first-order chi connectivity index (χ1) is 9.77. The number of thiocarbonyl (C=S) groups is 1. The first-order valence-electron chi connectivity index (χ1n) is 5.98. The predicted octanol–water partition coefficient (Wildman–Crippen LogP) is 3.79. The number of aryl methyl sites for hydroxylation is 1. The molecule has 2 aromatic rings. The van der Waals surface area contributed by atoms with E-state index in [-0.39, 0.29) is 4.99 Å².